The fourth-order valence-corrected chi connectivity index (χ4v) is 2.66. The maximum absolute atomic E-state index is 6.29. The van der Waals surface area contributed by atoms with Crippen molar-refractivity contribution in [3.05, 3.63) is 33.8 Å². The van der Waals surface area contributed by atoms with Crippen molar-refractivity contribution in [3.63, 3.8) is 0 Å². The van der Waals surface area contributed by atoms with Crippen LogP contribution in [0.5, 0.6) is 0 Å². The van der Waals surface area contributed by atoms with Gasteiger partial charge in [-0.3, -0.25) is 0 Å². The first-order valence-electron chi connectivity index (χ1n) is 7.07. The molecule has 1 aromatic carbocycles. The zero-order valence-electron chi connectivity index (χ0n) is 12.8. The molecule has 0 saturated heterocycles. The predicted molar refractivity (Wildman–Crippen MR) is 87.8 cm³/mol. The first kappa shape index (κ1) is 17.8. The van der Waals surface area contributed by atoms with E-state index in [-0.39, 0.29) is 11.5 Å². The molecule has 0 aliphatic rings. The molecule has 0 aliphatic carbocycles. The number of ether oxygens (including phenoxy) is 1. The van der Waals surface area contributed by atoms with Crippen molar-refractivity contribution in [1.82, 2.24) is 5.32 Å². The molecule has 0 radical (unpaired) electrons. The lowest BCUT2D eigenvalue weighted by Gasteiger charge is -2.28. The van der Waals surface area contributed by atoms with E-state index in [1.807, 2.05) is 12.1 Å². The summed E-state index contributed by atoms with van der Waals surface area (Å²) in [6.07, 6.45) is 2.02. The van der Waals surface area contributed by atoms with E-state index in [1.165, 1.54) is 0 Å². The molecule has 1 aromatic rings. The van der Waals surface area contributed by atoms with Gasteiger partial charge in [0.25, 0.3) is 0 Å². The summed E-state index contributed by atoms with van der Waals surface area (Å²) in [6, 6.07) is 5.96. The number of rotatable bonds is 8. The number of halogens is 2. The Morgan fingerprint density at radius 3 is 2.55 bits per heavy atom. The van der Waals surface area contributed by atoms with E-state index >= 15 is 0 Å². The van der Waals surface area contributed by atoms with Crippen LogP contribution in [0.3, 0.4) is 0 Å². The zero-order chi connectivity index (χ0) is 15.2. The average Bonchev–Trinajstić information content (AvgIpc) is 2.39. The summed E-state index contributed by atoms with van der Waals surface area (Å²) in [5.41, 5.74) is 1.31. The van der Waals surface area contributed by atoms with Gasteiger partial charge >= 0.3 is 0 Å². The SMILES string of the molecule is CCC(NCC(C)(C)CCOC)c1ccc(Cl)cc1Cl. The second-order valence-electron chi connectivity index (χ2n) is 5.91. The summed E-state index contributed by atoms with van der Waals surface area (Å²) in [5, 5.41) is 5.02. The second-order valence-corrected chi connectivity index (χ2v) is 6.76. The van der Waals surface area contributed by atoms with Crippen molar-refractivity contribution in [2.75, 3.05) is 20.3 Å². The highest BCUT2D eigenvalue weighted by atomic mass is 35.5. The largest absolute Gasteiger partial charge is 0.385 e. The van der Waals surface area contributed by atoms with Crippen LogP contribution < -0.4 is 5.32 Å². The van der Waals surface area contributed by atoms with E-state index in [9.17, 15) is 0 Å². The van der Waals surface area contributed by atoms with Crippen LogP contribution in [0.1, 0.15) is 45.2 Å². The predicted octanol–water partition coefficient (Wildman–Crippen LogP) is 5.10. The highest BCUT2D eigenvalue weighted by Crippen LogP contribution is 2.29. The zero-order valence-corrected chi connectivity index (χ0v) is 14.3. The lowest BCUT2D eigenvalue weighted by atomic mass is 9.89. The molecule has 0 saturated carbocycles. The van der Waals surface area contributed by atoms with Crippen molar-refractivity contribution >= 4 is 23.2 Å². The number of hydrogen-bond donors (Lipinski definition) is 1. The highest BCUT2D eigenvalue weighted by Gasteiger charge is 2.20. The van der Waals surface area contributed by atoms with Crippen molar-refractivity contribution in [2.45, 2.75) is 39.7 Å². The summed E-state index contributed by atoms with van der Waals surface area (Å²) in [5.74, 6) is 0. The van der Waals surface area contributed by atoms with E-state index in [1.54, 1.807) is 13.2 Å². The maximum Gasteiger partial charge on any atom is 0.0468 e. The van der Waals surface area contributed by atoms with Crippen LogP contribution in [0.15, 0.2) is 18.2 Å². The van der Waals surface area contributed by atoms with Crippen molar-refractivity contribution in [2.24, 2.45) is 5.41 Å². The fourth-order valence-electron chi connectivity index (χ4n) is 2.12. The summed E-state index contributed by atoms with van der Waals surface area (Å²) < 4.78 is 5.16. The van der Waals surface area contributed by atoms with Gasteiger partial charge in [0.15, 0.2) is 0 Å². The van der Waals surface area contributed by atoms with Crippen molar-refractivity contribution in [3.8, 4) is 0 Å². The molecule has 20 heavy (non-hydrogen) atoms. The van der Waals surface area contributed by atoms with Gasteiger partial charge < -0.3 is 10.1 Å². The third-order valence-corrected chi connectivity index (χ3v) is 4.12. The van der Waals surface area contributed by atoms with E-state index in [0.29, 0.717) is 5.02 Å². The Bertz CT molecular complexity index is 421. The molecule has 0 fully saturated rings. The third-order valence-electron chi connectivity index (χ3n) is 3.56. The monoisotopic (exact) mass is 317 g/mol. The molecule has 1 rings (SSSR count). The lowest BCUT2D eigenvalue weighted by Crippen LogP contribution is -2.33. The van der Waals surface area contributed by atoms with Crippen LogP contribution in [-0.4, -0.2) is 20.3 Å². The van der Waals surface area contributed by atoms with Crippen LogP contribution in [0, 0.1) is 5.41 Å². The molecule has 0 bridgehead atoms. The Labute approximate surface area is 132 Å². The molecule has 1 unspecified atom stereocenters. The van der Waals surface area contributed by atoms with E-state index in [4.69, 9.17) is 27.9 Å². The Morgan fingerprint density at radius 1 is 1.30 bits per heavy atom. The van der Waals surface area contributed by atoms with Crippen LogP contribution in [0.2, 0.25) is 10.0 Å². The molecule has 0 heterocycles. The summed E-state index contributed by atoms with van der Waals surface area (Å²) >= 11 is 12.2. The molecule has 4 heteroatoms. The smallest absolute Gasteiger partial charge is 0.0468 e. The van der Waals surface area contributed by atoms with Crippen LogP contribution in [0.25, 0.3) is 0 Å². The highest BCUT2D eigenvalue weighted by molar-refractivity contribution is 6.35. The molecular weight excluding hydrogens is 293 g/mol. The Kier molecular flexibility index (Phi) is 7.32. The van der Waals surface area contributed by atoms with Gasteiger partial charge in [0.2, 0.25) is 0 Å². The molecule has 0 aromatic heterocycles. The molecule has 0 spiro atoms. The summed E-state index contributed by atoms with van der Waals surface area (Å²) in [6.45, 7) is 8.36. The number of hydrogen-bond acceptors (Lipinski definition) is 2. The molecule has 1 N–H and O–H groups in total. The first-order chi connectivity index (χ1) is 9.39. The normalized spacial score (nSPS) is 13.5. The Morgan fingerprint density at radius 2 is 2.00 bits per heavy atom. The lowest BCUT2D eigenvalue weighted by molar-refractivity contribution is 0.148. The van der Waals surface area contributed by atoms with Gasteiger partial charge in [-0.2, -0.15) is 0 Å². The topological polar surface area (TPSA) is 21.3 Å². The van der Waals surface area contributed by atoms with Gasteiger partial charge in [-0.15, -0.1) is 0 Å². The standard InChI is InChI=1S/C16H25Cl2NO/c1-5-15(13-7-6-12(17)10-14(13)18)19-11-16(2,3)8-9-20-4/h6-7,10,15,19H,5,8-9,11H2,1-4H3. The summed E-state index contributed by atoms with van der Waals surface area (Å²) in [4.78, 5) is 0. The van der Waals surface area contributed by atoms with Gasteiger partial charge in [-0.25, -0.2) is 0 Å². The van der Waals surface area contributed by atoms with Gasteiger partial charge in [0.05, 0.1) is 0 Å². The maximum atomic E-state index is 6.29. The second kappa shape index (κ2) is 8.23. The van der Waals surface area contributed by atoms with Gasteiger partial charge in [-0.1, -0.05) is 50.0 Å². The molecule has 114 valence electrons. The minimum Gasteiger partial charge on any atom is -0.385 e. The minimum atomic E-state index is 0.197. The third kappa shape index (κ3) is 5.61. The number of nitrogens with one attached hydrogen (secondary N) is 1. The van der Waals surface area contributed by atoms with Gasteiger partial charge in [0, 0.05) is 36.3 Å². The molecule has 0 amide bonds. The van der Waals surface area contributed by atoms with Crippen molar-refractivity contribution < 1.29 is 4.74 Å². The van der Waals surface area contributed by atoms with E-state index in [0.717, 1.165) is 36.6 Å². The van der Waals surface area contributed by atoms with E-state index in [2.05, 4.69) is 26.1 Å². The number of methoxy groups -OCH3 is 1. The molecule has 2 nitrogen and oxygen atoms in total. The van der Waals surface area contributed by atoms with Crippen LogP contribution in [0.4, 0.5) is 0 Å². The molecule has 0 aliphatic heterocycles. The van der Waals surface area contributed by atoms with Crippen molar-refractivity contribution in [1.29, 1.82) is 0 Å². The minimum absolute atomic E-state index is 0.197. The van der Waals surface area contributed by atoms with Gasteiger partial charge in [-0.05, 0) is 36.0 Å². The molecular formula is C16H25Cl2NO. The van der Waals surface area contributed by atoms with Crippen LogP contribution in [-0.2, 0) is 4.74 Å². The average molecular weight is 318 g/mol. The number of benzene rings is 1. The first-order valence-corrected chi connectivity index (χ1v) is 7.82. The Hall–Kier alpha value is -0.280. The fraction of sp³-hybridized carbons (Fsp3) is 0.625. The Balaban J connectivity index is 2.67. The van der Waals surface area contributed by atoms with Gasteiger partial charge in [0.1, 0.15) is 0 Å². The van der Waals surface area contributed by atoms with Crippen LogP contribution >= 0.6 is 23.2 Å². The molecule has 1 atom stereocenters. The van der Waals surface area contributed by atoms with E-state index < -0.39 is 0 Å². The quantitative estimate of drug-likeness (QED) is 0.720. The summed E-state index contributed by atoms with van der Waals surface area (Å²) in [7, 11) is 1.74.